The Morgan fingerprint density at radius 1 is 0.621 bits per heavy atom. The van der Waals surface area contributed by atoms with E-state index >= 15 is 0 Å². The third-order valence-electron chi connectivity index (χ3n) is 12.5. The van der Waals surface area contributed by atoms with Gasteiger partial charge in [0.25, 0.3) is 0 Å². The molecule has 0 saturated carbocycles. The van der Waals surface area contributed by atoms with Gasteiger partial charge in [-0.3, -0.25) is 4.98 Å². The van der Waals surface area contributed by atoms with Crippen molar-refractivity contribution in [2.24, 2.45) is 0 Å². The molecule has 0 saturated heterocycles. The van der Waals surface area contributed by atoms with Crippen molar-refractivity contribution in [3.8, 4) is 39.5 Å². The molecule has 0 aliphatic carbocycles. The van der Waals surface area contributed by atoms with Crippen LogP contribution in [0.1, 0.15) is 80.3 Å². The van der Waals surface area contributed by atoms with E-state index in [0.29, 0.717) is 23.5 Å². The van der Waals surface area contributed by atoms with Crippen LogP contribution in [0.5, 0.6) is 0 Å². The van der Waals surface area contributed by atoms with Gasteiger partial charge >= 0.3 is 0 Å². The van der Waals surface area contributed by atoms with Gasteiger partial charge in [-0.25, -0.2) is 4.98 Å². The number of pyridine rings is 2. The molecule has 1 unspecified atom stereocenters. The molecule has 0 N–H and O–H groups in total. The van der Waals surface area contributed by atoms with Gasteiger partial charge in [-0.2, -0.15) is 0 Å². The summed E-state index contributed by atoms with van der Waals surface area (Å²) >= 11 is 0. The molecule has 0 aliphatic rings. The standard InChI is InChI=1S/C37H32N3O.C22H24NSi.Ir/c1-22(2)30-20-26(25-12-7-6-8-13-25)21-31(23(3)4)34(30)40-33-17-10-9-16-32(33)39-36(40)29-15-11-14-27-28-19-18-24(5)38-37(28)41-35(27)29;1-17(18-11-7-5-8-12-18)20-15-21(19-13-9-6-10-14-19)23-16-22(20)24(2,3)4;/h6-14,16-23H,1-5H3;5-13,15-17H,1-4H3;/q2*-1;. The van der Waals surface area contributed by atoms with Gasteiger partial charge in [-0.1, -0.05) is 144 Å². The summed E-state index contributed by atoms with van der Waals surface area (Å²) in [7, 11) is -1.47. The van der Waals surface area contributed by atoms with Gasteiger partial charge in [0.2, 0.25) is 5.71 Å². The number of hydrogen-bond donors (Lipinski definition) is 0. The minimum atomic E-state index is -1.47. The van der Waals surface area contributed by atoms with Gasteiger partial charge in [0, 0.05) is 49.0 Å². The quantitative estimate of drug-likeness (QED) is 0.107. The molecule has 7 heteroatoms. The molecule has 4 heterocycles. The Morgan fingerprint density at radius 2 is 1.29 bits per heavy atom. The Kier molecular flexibility index (Phi) is 13.5. The monoisotopic (exact) mass is 1060 g/mol. The fourth-order valence-electron chi connectivity index (χ4n) is 8.99. The average molecular weight is 1060 g/mol. The second kappa shape index (κ2) is 19.3. The first-order valence-electron chi connectivity index (χ1n) is 22.8. The van der Waals surface area contributed by atoms with Gasteiger partial charge in [0.15, 0.2) is 0 Å². The molecule has 0 fully saturated rings. The summed E-state index contributed by atoms with van der Waals surface area (Å²) in [6.07, 6.45) is 2.11. The minimum Gasteiger partial charge on any atom is -0.486 e. The van der Waals surface area contributed by atoms with Crippen LogP contribution in [0.4, 0.5) is 0 Å². The van der Waals surface area contributed by atoms with E-state index in [0.717, 1.165) is 55.7 Å². The molecule has 0 aliphatic heterocycles. The Labute approximate surface area is 404 Å². The van der Waals surface area contributed by atoms with Crippen LogP contribution in [0.3, 0.4) is 0 Å². The molecule has 0 bridgehead atoms. The van der Waals surface area contributed by atoms with Crippen molar-refractivity contribution < 1.29 is 24.5 Å². The van der Waals surface area contributed by atoms with E-state index in [1.807, 2.05) is 43.3 Å². The number of fused-ring (bicyclic) bond motifs is 4. The van der Waals surface area contributed by atoms with Crippen molar-refractivity contribution in [1.29, 1.82) is 0 Å². The number of para-hydroxylation sites is 2. The van der Waals surface area contributed by atoms with Crippen molar-refractivity contribution in [1.82, 2.24) is 19.5 Å². The molecule has 10 rings (SSSR count). The Morgan fingerprint density at radius 3 is 1.95 bits per heavy atom. The summed E-state index contributed by atoms with van der Waals surface area (Å²) in [6, 6.07) is 59.8. The summed E-state index contributed by atoms with van der Waals surface area (Å²) in [5.74, 6) is 1.76. The van der Waals surface area contributed by atoms with Crippen LogP contribution in [0.2, 0.25) is 19.6 Å². The Hall–Kier alpha value is -6.24. The number of benzene rings is 6. The molecule has 0 spiro atoms. The molecule has 4 aromatic heterocycles. The van der Waals surface area contributed by atoms with Crippen LogP contribution >= 0.6 is 0 Å². The van der Waals surface area contributed by atoms with Crippen molar-refractivity contribution in [2.45, 2.75) is 78.9 Å². The second-order valence-corrected chi connectivity index (χ2v) is 23.8. The number of aryl methyl sites for hydroxylation is 1. The largest absolute Gasteiger partial charge is 0.486 e. The van der Waals surface area contributed by atoms with Crippen molar-refractivity contribution in [2.75, 3.05) is 0 Å². The topological polar surface area (TPSA) is 56.7 Å². The van der Waals surface area contributed by atoms with Crippen molar-refractivity contribution in [3.05, 3.63) is 198 Å². The maximum atomic E-state index is 6.44. The van der Waals surface area contributed by atoms with Crippen LogP contribution in [-0.4, -0.2) is 27.6 Å². The average Bonchev–Trinajstić information content (AvgIpc) is 3.89. The van der Waals surface area contributed by atoms with Gasteiger partial charge < -0.3 is 14.0 Å². The van der Waals surface area contributed by atoms with Crippen LogP contribution in [0, 0.1) is 19.1 Å². The first-order valence-corrected chi connectivity index (χ1v) is 26.3. The number of rotatable bonds is 9. The fourth-order valence-corrected chi connectivity index (χ4v) is 10.6. The van der Waals surface area contributed by atoms with Crippen LogP contribution in [-0.2, 0) is 20.1 Å². The third-order valence-corrected chi connectivity index (χ3v) is 14.5. The third kappa shape index (κ3) is 9.13. The summed E-state index contributed by atoms with van der Waals surface area (Å²) < 4.78 is 8.78. The summed E-state index contributed by atoms with van der Waals surface area (Å²) in [5.41, 5.74) is 16.2. The van der Waals surface area contributed by atoms with E-state index in [-0.39, 0.29) is 20.1 Å². The molecule has 6 aromatic carbocycles. The van der Waals surface area contributed by atoms with Gasteiger partial charge in [-0.15, -0.1) is 54.1 Å². The first-order chi connectivity index (χ1) is 31.4. The minimum absolute atomic E-state index is 0. The first kappa shape index (κ1) is 46.3. The van der Waals surface area contributed by atoms with Gasteiger partial charge in [-0.05, 0) is 99.4 Å². The predicted octanol–water partition coefficient (Wildman–Crippen LogP) is 15.3. The second-order valence-electron chi connectivity index (χ2n) is 18.8. The molecule has 66 heavy (non-hydrogen) atoms. The van der Waals surface area contributed by atoms with Crippen LogP contribution in [0.25, 0.3) is 72.6 Å². The Balaban J connectivity index is 0.000000203. The fraction of sp³-hybridized carbons (Fsp3) is 0.203. The maximum Gasteiger partial charge on any atom is 0.216 e. The summed E-state index contributed by atoms with van der Waals surface area (Å²) in [6.45, 7) is 20.5. The molecular weight excluding hydrogens is 1000 g/mol. The van der Waals surface area contributed by atoms with Crippen LogP contribution in [0.15, 0.2) is 162 Å². The zero-order valence-electron chi connectivity index (χ0n) is 39.3. The van der Waals surface area contributed by atoms with E-state index in [1.165, 1.54) is 44.3 Å². The molecule has 1 atom stereocenters. The molecule has 5 nitrogen and oxygen atoms in total. The van der Waals surface area contributed by atoms with Gasteiger partial charge in [0.05, 0.1) is 30.5 Å². The van der Waals surface area contributed by atoms with Crippen molar-refractivity contribution >= 4 is 46.4 Å². The molecule has 0 amide bonds. The molecule has 10 aromatic rings. The maximum absolute atomic E-state index is 6.44. The number of nitrogens with zero attached hydrogens (tertiary/aromatic N) is 4. The number of hydrogen-bond acceptors (Lipinski definition) is 4. The summed E-state index contributed by atoms with van der Waals surface area (Å²) in [5, 5.41) is 3.47. The SMILES string of the molecule is CC(c1ccccc1)c1cc(-c2[c-]cccc2)ncc1[Si](C)(C)C.Cc1ccc2c(n1)oc1c(-c3nc4ccccc4n3-c3c(C(C)C)cc(-c4ccccc4)cc3C(C)C)[c-]ccc12.[Ir]. The van der Waals surface area contributed by atoms with E-state index in [4.69, 9.17) is 14.4 Å². The van der Waals surface area contributed by atoms with E-state index in [2.05, 4.69) is 197 Å². The van der Waals surface area contributed by atoms with Crippen molar-refractivity contribution in [3.63, 3.8) is 0 Å². The van der Waals surface area contributed by atoms with E-state index in [9.17, 15) is 0 Å². The van der Waals surface area contributed by atoms with E-state index in [1.54, 1.807) is 0 Å². The predicted molar refractivity (Wildman–Crippen MR) is 274 cm³/mol. The molecule has 333 valence electrons. The zero-order chi connectivity index (χ0) is 45.4. The zero-order valence-corrected chi connectivity index (χ0v) is 42.7. The molecule has 1 radical (unpaired) electrons. The summed E-state index contributed by atoms with van der Waals surface area (Å²) in [4.78, 5) is 14.7. The number of aromatic nitrogens is 4. The number of furan rings is 1. The normalized spacial score (nSPS) is 12.1. The van der Waals surface area contributed by atoms with Crippen LogP contribution < -0.4 is 5.19 Å². The Bertz CT molecular complexity index is 3250. The van der Waals surface area contributed by atoms with E-state index < -0.39 is 8.07 Å². The van der Waals surface area contributed by atoms with Gasteiger partial charge in [0.1, 0.15) is 0 Å². The number of imidazole rings is 1. The smallest absolute Gasteiger partial charge is 0.216 e. The molecular formula is C59H56IrN4OSi-2.